The molecule has 2 heterocycles. The molecule has 38 heavy (non-hydrogen) atoms. The third-order valence-corrected chi connectivity index (χ3v) is 6.46. The molecular weight excluding hydrogens is 504 g/mol. The Morgan fingerprint density at radius 3 is 2.47 bits per heavy atom. The Balaban J connectivity index is 1.60. The van der Waals surface area contributed by atoms with Crippen LogP contribution in [0.25, 0.3) is 16.5 Å². The van der Waals surface area contributed by atoms with E-state index in [1.165, 1.54) is 24.3 Å². The number of phenolic OH excluding ortho intramolecular Hbond substituents is 4. The number of carbonyl (C=O) groups is 1. The molecule has 1 saturated heterocycles. The number of rotatable bonds is 4. The maximum absolute atomic E-state index is 13.3. The molecule has 0 amide bonds. The molecule has 0 bridgehead atoms. The zero-order valence-electron chi connectivity index (χ0n) is 20.0. The molecule has 1 aliphatic heterocycles. The van der Waals surface area contributed by atoms with Gasteiger partial charge in [0.1, 0.15) is 40.1 Å². The number of aliphatic hydroxyl groups is 2. The summed E-state index contributed by atoms with van der Waals surface area (Å²) in [5.41, 5.74) is 0.343. The van der Waals surface area contributed by atoms with E-state index < -0.39 is 47.5 Å². The zero-order chi connectivity index (χ0) is 27.3. The van der Waals surface area contributed by atoms with E-state index >= 15 is 0 Å². The minimum absolute atomic E-state index is 0.0345. The highest BCUT2D eigenvalue weighted by Gasteiger charge is 2.43. The molecule has 0 spiro atoms. The van der Waals surface area contributed by atoms with E-state index in [9.17, 15) is 40.2 Å². The van der Waals surface area contributed by atoms with Gasteiger partial charge in [-0.15, -0.1) is 0 Å². The number of aromatic hydroxyl groups is 4. The van der Waals surface area contributed by atoms with E-state index in [1.54, 1.807) is 0 Å². The van der Waals surface area contributed by atoms with Crippen LogP contribution in [0.1, 0.15) is 23.8 Å². The van der Waals surface area contributed by atoms with Crippen molar-refractivity contribution in [1.82, 2.24) is 0 Å². The number of carbonyl (C=O) groups excluding carboxylic acids is 1. The molecule has 1 aliphatic carbocycles. The third-order valence-electron chi connectivity index (χ3n) is 6.46. The van der Waals surface area contributed by atoms with E-state index in [0.29, 0.717) is 11.1 Å². The van der Waals surface area contributed by atoms with Crippen molar-refractivity contribution in [3.05, 3.63) is 63.2 Å². The Morgan fingerprint density at radius 2 is 1.76 bits per heavy atom. The predicted octanol–water partition coefficient (Wildman–Crippen LogP) is 1.15. The third kappa shape index (κ3) is 4.49. The molecule has 0 radical (unpaired) electrons. The van der Waals surface area contributed by atoms with Gasteiger partial charge in [-0.25, -0.2) is 0 Å². The van der Waals surface area contributed by atoms with E-state index in [1.807, 2.05) is 0 Å². The molecular formula is C26H24O12. The lowest BCUT2D eigenvalue weighted by Gasteiger charge is -2.38. The Labute approximate surface area is 214 Å². The second-order valence-electron chi connectivity index (χ2n) is 9.08. The average Bonchev–Trinajstić information content (AvgIpc) is 2.84. The highest BCUT2D eigenvalue weighted by Crippen LogP contribution is 2.39. The highest BCUT2D eigenvalue weighted by molar-refractivity contribution is 5.86. The van der Waals surface area contributed by atoms with Gasteiger partial charge in [0, 0.05) is 43.0 Å². The second kappa shape index (κ2) is 9.56. The number of hydrogen-bond donors (Lipinski definition) is 6. The van der Waals surface area contributed by atoms with Gasteiger partial charge in [0.25, 0.3) is 0 Å². The molecule has 200 valence electrons. The summed E-state index contributed by atoms with van der Waals surface area (Å²) in [5.74, 6) is -1.93. The largest absolute Gasteiger partial charge is 0.508 e. The molecule has 12 heteroatoms. The fourth-order valence-corrected chi connectivity index (χ4v) is 4.66. The lowest BCUT2D eigenvalue weighted by molar-refractivity contribution is -0.263. The van der Waals surface area contributed by atoms with Crippen LogP contribution in [0.5, 0.6) is 23.0 Å². The van der Waals surface area contributed by atoms with Crippen molar-refractivity contribution in [2.24, 2.45) is 0 Å². The molecule has 4 atom stereocenters. The van der Waals surface area contributed by atoms with Gasteiger partial charge in [-0.1, -0.05) is 6.07 Å². The zero-order valence-corrected chi connectivity index (χ0v) is 20.0. The van der Waals surface area contributed by atoms with Crippen LogP contribution in [0.3, 0.4) is 0 Å². The maximum Gasteiger partial charge on any atom is 0.303 e. The van der Waals surface area contributed by atoms with Gasteiger partial charge in [-0.2, -0.15) is 0 Å². The van der Waals surface area contributed by atoms with Crippen LogP contribution in [0.15, 0.2) is 45.3 Å². The molecule has 12 nitrogen and oxygen atoms in total. The lowest BCUT2D eigenvalue weighted by atomic mass is 9.89. The van der Waals surface area contributed by atoms with Crippen molar-refractivity contribution in [2.45, 2.75) is 44.4 Å². The first-order chi connectivity index (χ1) is 18.0. The van der Waals surface area contributed by atoms with Crippen LogP contribution in [0.4, 0.5) is 0 Å². The van der Waals surface area contributed by atoms with Crippen LogP contribution in [-0.2, 0) is 31.8 Å². The summed E-state index contributed by atoms with van der Waals surface area (Å²) in [6, 6.07) is 6.25. The molecule has 1 fully saturated rings. The molecule has 3 aromatic rings. The molecule has 1 aromatic heterocycles. The lowest BCUT2D eigenvalue weighted by Crippen LogP contribution is -2.55. The average molecular weight is 528 g/mol. The van der Waals surface area contributed by atoms with Crippen LogP contribution in [0, 0.1) is 0 Å². The van der Waals surface area contributed by atoms with Crippen LogP contribution < -0.4 is 5.43 Å². The summed E-state index contributed by atoms with van der Waals surface area (Å²) in [5, 5.41) is 60.7. The SMILES string of the molecule is CC(=O)O[C@H]1[C@@H](O)[C@@H](OC2=C(c3ccc(O)c(O)c3)Cc3oc4cc(O)cc(O)c4c(=O)c3C2)OC[C@@H]1O. The van der Waals surface area contributed by atoms with Crippen molar-refractivity contribution < 1.29 is 54.1 Å². The van der Waals surface area contributed by atoms with Crippen LogP contribution >= 0.6 is 0 Å². The summed E-state index contributed by atoms with van der Waals surface area (Å²) in [6.45, 7) is 0.808. The van der Waals surface area contributed by atoms with Gasteiger partial charge in [0.15, 0.2) is 29.1 Å². The summed E-state index contributed by atoms with van der Waals surface area (Å²) in [6.07, 6.45) is -5.86. The van der Waals surface area contributed by atoms with Crippen molar-refractivity contribution in [1.29, 1.82) is 0 Å². The molecule has 2 aliphatic rings. The number of hydrogen-bond acceptors (Lipinski definition) is 12. The van der Waals surface area contributed by atoms with Crippen molar-refractivity contribution >= 4 is 22.5 Å². The Morgan fingerprint density at radius 1 is 1.00 bits per heavy atom. The minimum atomic E-state index is -1.59. The fraction of sp³-hybridized carbons (Fsp3) is 0.308. The van der Waals surface area contributed by atoms with Crippen LogP contribution in [-0.4, -0.2) is 67.8 Å². The molecule has 5 rings (SSSR count). The first kappa shape index (κ1) is 25.4. The number of allylic oxidation sites excluding steroid dienone is 2. The molecule has 0 saturated carbocycles. The van der Waals surface area contributed by atoms with Crippen molar-refractivity contribution in [3.8, 4) is 23.0 Å². The number of phenols is 4. The van der Waals surface area contributed by atoms with Gasteiger partial charge < -0.3 is 49.3 Å². The van der Waals surface area contributed by atoms with Gasteiger partial charge in [0.05, 0.1) is 6.61 Å². The topological polar surface area (TPSA) is 196 Å². The Hall–Kier alpha value is -4.26. The standard InChI is InChI=1S/C26H24O12/c1-10(27)36-25-18(32)9-35-26(24(25)34)38-19-8-14-20(7-13(19)11-2-3-15(29)16(30)4-11)37-21-6-12(28)5-17(31)22(21)23(14)33/h2-6,18,24-26,28-32,34H,7-9H2,1H3/t18-,24+,25+,26+/m0/s1. The van der Waals surface area contributed by atoms with Gasteiger partial charge in [0.2, 0.25) is 6.29 Å². The maximum atomic E-state index is 13.3. The summed E-state index contributed by atoms with van der Waals surface area (Å²) in [4.78, 5) is 24.8. The minimum Gasteiger partial charge on any atom is -0.508 e. The van der Waals surface area contributed by atoms with E-state index in [0.717, 1.165) is 13.0 Å². The first-order valence-corrected chi connectivity index (χ1v) is 11.6. The monoisotopic (exact) mass is 528 g/mol. The van der Waals surface area contributed by atoms with E-state index in [4.69, 9.17) is 18.6 Å². The number of benzene rings is 2. The van der Waals surface area contributed by atoms with Gasteiger partial charge >= 0.3 is 5.97 Å². The summed E-state index contributed by atoms with van der Waals surface area (Å²) in [7, 11) is 0. The predicted molar refractivity (Wildman–Crippen MR) is 128 cm³/mol. The number of esters is 1. The highest BCUT2D eigenvalue weighted by atomic mass is 16.7. The normalized spacial score (nSPS) is 23.2. The fourth-order valence-electron chi connectivity index (χ4n) is 4.66. The molecule has 6 N–H and O–H groups in total. The van der Waals surface area contributed by atoms with Crippen LogP contribution in [0.2, 0.25) is 0 Å². The van der Waals surface area contributed by atoms with E-state index in [2.05, 4.69) is 0 Å². The Kier molecular flexibility index (Phi) is 6.39. The number of aliphatic hydroxyl groups excluding tert-OH is 2. The Bertz CT molecular complexity index is 1520. The van der Waals surface area contributed by atoms with Crippen molar-refractivity contribution in [2.75, 3.05) is 6.61 Å². The second-order valence-corrected chi connectivity index (χ2v) is 9.08. The van der Waals surface area contributed by atoms with Crippen molar-refractivity contribution in [3.63, 3.8) is 0 Å². The van der Waals surface area contributed by atoms with Gasteiger partial charge in [-0.05, 0) is 17.7 Å². The smallest absolute Gasteiger partial charge is 0.303 e. The quantitative estimate of drug-likeness (QED) is 0.209. The van der Waals surface area contributed by atoms with Gasteiger partial charge in [-0.3, -0.25) is 9.59 Å². The number of ether oxygens (including phenoxy) is 3. The first-order valence-electron chi connectivity index (χ1n) is 11.6. The summed E-state index contributed by atoms with van der Waals surface area (Å²) < 4.78 is 22.4. The molecule has 0 unspecified atom stereocenters. The molecule has 2 aromatic carbocycles. The number of fused-ring (bicyclic) bond motifs is 2. The summed E-state index contributed by atoms with van der Waals surface area (Å²) >= 11 is 0. The van der Waals surface area contributed by atoms with E-state index in [-0.39, 0.29) is 59.0 Å².